The second kappa shape index (κ2) is 9.83. The first kappa shape index (κ1) is 21.2. The molecule has 0 N–H and O–H groups in total. The van der Waals surface area contributed by atoms with Crippen molar-refractivity contribution in [3.05, 3.63) is 105 Å². The number of ether oxygens (including phenoxy) is 1. The van der Waals surface area contributed by atoms with Crippen LogP contribution in [0.1, 0.15) is 44.1 Å². The van der Waals surface area contributed by atoms with Crippen molar-refractivity contribution in [2.75, 3.05) is 13.2 Å². The molecule has 1 aliphatic heterocycles. The maximum absolute atomic E-state index is 13.3. The van der Waals surface area contributed by atoms with E-state index < -0.39 is 0 Å². The van der Waals surface area contributed by atoms with E-state index in [1.54, 1.807) is 34.4 Å². The fourth-order valence-corrected chi connectivity index (χ4v) is 5.46. The summed E-state index contributed by atoms with van der Waals surface area (Å²) in [6, 6.07) is 15.9. The molecule has 1 unspecified atom stereocenters. The third-order valence-electron chi connectivity index (χ3n) is 6.98. The molecule has 2 aromatic carbocycles. The first-order chi connectivity index (χ1) is 15.8. The lowest BCUT2D eigenvalue weighted by Gasteiger charge is -2.36. The van der Waals surface area contributed by atoms with Crippen LogP contribution in [0.15, 0.2) is 83.5 Å². The van der Waals surface area contributed by atoms with Crippen LogP contribution in [0.2, 0.25) is 0 Å². The van der Waals surface area contributed by atoms with Gasteiger partial charge >= 0.3 is 0 Å². The van der Waals surface area contributed by atoms with Gasteiger partial charge in [0, 0.05) is 0 Å². The lowest BCUT2D eigenvalue weighted by atomic mass is 9.69. The van der Waals surface area contributed by atoms with Crippen molar-refractivity contribution in [2.45, 2.75) is 44.9 Å². The monoisotopic (exact) mass is 426 g/mol. The van der Waals surface area contributed by atoms with Gasteiger partial charge in [-0.2, -0.15) is 0 Å². The van der Waals surface area contributed by atoms with Crippen LogP contribution in [0.5, 0.6) is 0 Å². The highest BCUT2D eigenvalue weighted by atomic mass is 19.1. The lowest BCUT2D eigenvalue weighted by Crippen LogP contribution is -2.33. The zero-order valence-corrected chi connectivity index (χ0v) is 18.7. The third kappa shape index (κ3) is 4.56. The van der Waals surface area contributed by atoms with E-state index in [0.717, 1.165) is 38.9 Å². The largest absolute Gasteiger partial charge is 0.377 e. The smallest absolute Gasteiger partial charge is 0.123 e. The van der Waals surface area contributed by atoms with Gasteiger partial charge in [0.25, 0.3) is 0 Å². The van der Waals surface area contributed by atoms with Crippen molar-refractivity contribution >= 4 is 11.6 Å². The number of rotatable bonds is 2. The van der Waals surface area contributed by atoms with Gasteiger partial charge in [-0.15, -0.1) is 0 Å². The zero-order chi connectivity index (χ0) is 21.8. The van der Waals surface area contributed by atoms with E-state index >= 15 is 0 Å². The van der Waals surface area contributed by atoms with Gasteiger partial charge < -0.3 is 4.74 Å². The number of fused-ring (bicyclic) bond motifs is 3. The minimum atomic E-state index is -0.150. The standard InChI is InChI=1S/C25H23F.C5H8O/c26-20-12-9-17(10-13-20)15-19-16-25-21-6-2-1-5-18(21)11-14-24(25)23-8-4-3-7-22(19)23;1-2-4-6-5-3-1/h1-2,5-7,9-13,19H,3-4,8,14-16H2;1-2H,3-5H2. The molecule has 0 amide bonds. The average molecular weight is 427 g/mol. The summed E-state index contributed by atoms with van der Waals surface area (Å²) in [5, 5.41) is 2.81. The van der Waals surface area contributed by atoms with Crippen molar-refractivity contribution in [3.8, 4) is 0 Å². The molecule has 32 heavy (non-hydrogen) atoms. The van der Waals surface area contributed by atoms with E-state index in [9.17, 15) is 4.39 Å². The Hall–Kier alpha value is -2.71. The molecular formula is C30H31FO. The topological polar surface area (TPSA) is 9.23 Å². The van der Waals surface area contributed by atoms with Crippen LogP contribution in [0.3, 0.4) is 0 Å². The molecule has 3 aliphatic carbocycles. The van der Waals surface area contributed by atoms with Gasteiger partial charge in [0.2, 0.25) is 0 Å². The SMILES string of the molecule is C1=CCOCC1.Fc1ccc(CC2CC3=c4ccccc4=CCC3=C3CCCC=C32)cc1. The Bertz CT molecular complexity index is 1170. The highest BCUT2D eigenvalue weighted by Crippen LogP contribution is 2.45. The molecule has 4 aliphatic rings. The third-order valence-corrected chi connectivity index (χ3v) is 6.98. The molecule has 0 bridgehead atoms. The summed E-state index contributed by atoms with van der Waals surface area (Å²) in [5.41, 5.74) is 7.57. The van der Waals surface area contributed by atoms with Gasteiger partial charge in [0.05, 0.1) is 13.2 Å². The Morgan fingerprint density at radius 1 is 0.875 bits per heavy atom. The summed E-state index contributed by atoms with van der Waals surface area (Å²) in [6.07, 6.45) is 17.0. The number of halogens is 1. The number of benzene rings is 2. The zero-order valence-electron chi connectivity index (χ0n) is 18.7. The van der Waals surface area contributed by atoms with E-state index in [0.29, 0.717) is 5.92 Å². The first-order valence-electron chi connectivity index (χ1n) is 12.0. The Labute approximate surface area is 190 Å². The lowest BCUT2D eigenvalue weighted by molar-refractivity contribution is 0.158. The van der Waals surface area contributed by atoms with E-state index in [-0.39, 0.29) is 5.82 Å². The van der Waals surface area contributed by atoms with Crippen LogP contribution in [-0.4, -0.2) is 13.2 Å². The molecule has 0 radical (unpaired) electrons. The highest BCUT2D eigenvalue weighted by molar-refractivity contribution is 5.75. The number of hydrogen-bond acceptors (Lipinski definition) is 1. The Morgan fingerprint density at radius 3 is 2.50 bits per heavy atom. The van der Waals surface area contributed by atoms with Gasteiger partial charge in [0.1, 0.15) is 5.82 Å². The van der Waals surface area contributed by atoms with E-state index in [4.69, 9.17) is 4.74 Å². The van der Waals surface area contributed by atoms with Crippen molar-refractivity contribution in [1.82, 2.24) is 0 Å². The van der Waals surface area contributed by atoms with Crippen molar-refractivity contribution in [1.29, 1.82) is 0 Å². The van der Waals surface area contributed by atoms with Crippen LogP contribution >= 0.6 is 0 Å². The molecule has 0 fully saturated rings. The summed E-state index contributed by atoms with van der Waals surface area (Å²) < 4.78 is 18.3. The summed E-state index contributed by atoms with van der Waals surface area (Å²) in [4.78, 5) is 0. The van der Waals surface area contributed by atoms with Gasteiger partial charge in [0.15, 0.2) is 0 Å². The van der Waals surface area contributed by atoms with Crippen molar-refractivity contribution < 1.29 is 9.13 Å². The normalized spacial score (nSPS) is 21.3. The molecule has 2 heteroatoms. The molecule has 1 heterocycles. The van der Waals surface area contributed by atoms with Gasteiger partial charge in [-0.1, -0.05) is 60.7 Å². The van der Waals surface area contributed by atoms with Gasteiger partial charge in [-0.05, 0) is 101 Å². The molecule has 1 atom stereocenters. The molecule has 2 aromatic rings. The Kier molecular flexibility index (Phi) is 6.50. The molecule has 0 saturated carbocycles. The number of hydrogen-bond donors (Lipinski definition) is 0. The minimum absolute atomic E-state index is 0.150. The summed E-state index contributed by atoms with van der Waals surface area (Å²) in [5.74, 6) is 0.365. The van der Waals surface area contributed by atoms with Crippen LogP contribution in [0.25, 0.3) is 11.6 Å². The summed E-state index contributed by atoms with van der Waals surface area (Å²) in [7, 11) is 0. The molecule has 0 spiro atoms. The van der Waals surface area contributed by atoms with Gasteiger partial charge in [-0.25, -0.2) is 4.39 Å². The van der Waals surface area contributed by atoms with Crippen molar-refractivity contribution in [3.63, 3.8) is 0 Å². The molecule has 1 nitrogen and oxygen atoms in total. The second-order valence-electron chi connectivity index (χ2n) is 9.05. The predicted molar refractivity (Wildman–Crippen MR) is 130 cm³/mol. The molecule has 0 aromatic heterocycles. The van der Waals surface area contributed by atoms with E-state index in [2.05, 4.69) is 42.5 Å². The van der Waals surface area contributed by atoms with E-state index in [1.807, 2.05) is 18.2 Å². The molecule has 164 valence electrons. The van der Waals surface area contributed by atoms with Crippen LogP contribution in [0, 0.1) is 11.7 Å². The highest BCUT2D eigenvalue weighted by Gasteiger charge is 2.31. The van der Waals surface area contributed by atoms with E-state index in [1.165, 1.54) is 35.3 Å². The average Bonchev–Trinajstić information content (AvgIpc) is 2.87. The quantitative estimate of drug-likeness (QED) is 0.552. The predicted octanol–water partition coefficient (Wildman–Crippen LogP) is 5.79. The Morgan fingerprint density at radius 2 is 1.75 bits per heavy atom. The van der Waals surface area contributed by atoms with Crippen LogP contribution in [0.4, 0.5) is 4.39 Å². The molecule has 0 saturated heterocycles. The first-order valence-corrected chi connectivity index (χ1v) is 12.0. The molecular weight excluding hydrogens is 395 g/mol. The summed E-state index contributed by atoms with van der Waals surface area (Å²) in [6.45, 7) is 1.73. The fourth-order valence-electron chi connectivity index (χ4n) is 5.46. The van der Waals surface area contributed by atoms with Gasteiger partial charge in [-0.3, -0.25) is 0 Å². The van der Waals surface area contributed by atoms with Crippen LogP contribution < -0.4 is 10.4 Å². The fraction of sp³-hybridized carbons (Fsp3) is 0.333. The molecule has 6 rings (SSSR count). The second-order valence-corrected chi connectivity index (χ2v) is 9.05. The van der Waals surface area contributed by atoms with Crippen LogP contribution in [-0.2, 0) is 11.2 Å². The number of allylic oxidation sites excluding steroid dienone is 4. The Balaban J connectivity index is 0.000000314. The maximum atomic E-state index is 13.3. The summed E-state index contributed by atoms with van der Waals surface area (Å²) >= 11 is 0. The maximum Gasteiger partial charge on any atom is 0.123 e. The minimum Gasteiger partial charge on any atom is -0.377 e. The van der Waals surface area contributed by atoms with Crippen molar-refractivity contribution in [2.24, 2.45) is 5.92 Å².